The molecule has 0 radical (unpaired) electrons. The van der Waals surface area contributed by atoms with Crippen LogP contribution in [0.4, 0.5) is 4.39 Å². The lowest BCUT2D eigenvalue weighted by Crippen LogP contribution is -2.54. The first-order valence-electron chi connectivity index (χ1n) is 11.4. The molecule has 1 fully saturated rings. The summed E-state index contributed by atoms with van der Waals surface area (Å²) in [5, 5.41) is 5.64. The van der Waals surface area contributed by atoms with Gasteiger partial charge < -0.3 is 15.5 Å². The number of hydrogen-bond acceptors (Lipinski definition) is 3. The van der Waals surface area contributed by atoms with Crippen molar-refractivity contribution in [1.29, 1.82) is 0 Å². The van der Waals surface area contributed by atoms with E-state index >= 15 is 0 Å². The van der Waals surface area contributed by atoms with Crippen LogP contribution in [0.15, 0.2) is 48.5 Å². The Bertz CT molecular complexity index is 983. The van der Waals surface area contributed by atoms with Crippen LogP contribution >= 0.6 is 0 Å². The summed E-state index contributed by atoms with van der Waals surface area (Å²) in [5.74, 6) is -1.46. The molecule has 0 bridgehead atoms. The molecule has 2 aromatic carbocycles. The molecule has 2 aromatic rings. The Morgan fingerprint density at radius 1 is 1.03 bits per heavy atom. The lowest BCUT2D eigenvalue weighted by Gasteiger charge is -2.36. The Morgan fingerprint density at radius 2 is 1.67 bits per heavy atom. The third-order valence-electron chi connectivity index (χ3n) is 5.97. The van der Waals surface area contributed by atoms with Crippen molar-refractivity contribution >= 4 is 17.7 Å². The van der Waals surface area contributed by atoms with Crippen molar-refractivity contribution in [3.05, 3.63) is 71.0 Å². The first-order valence-corrected chi connectivity index (χ1v) is 11.4. The fourth-order valence-corrected chi connectivity index (χ4v) is 3.99. The Balaban J connectivity index is 1.69. The second kappa shape index (κ2) is 11.1. The smallest absolute Gasteiger partial charge is 0.254 e. The Morgan fingerprint density at radius 3 is 2.27 bits per heavy atom. The molecule has 1 atom stereocenters. The Hall–Kier alpha value is -3.22. The molecular weight excluding hydrogens is 421 g/mol. The number of carbonyl (C=O) groups excluding carboxylic acids is 3. The molecule has 1 aliphatic rings. The summed E-state index contributed by atoms with van der Waals surface area (Å²) in [6, 6.07) is 12.4. The standard InChI is InChI=1S/C26H32FN3O3/c1-17(2)16-28-25(32)23(29-24(31)21-6-4-5-7-22(21)27)19-12-14-30(15-13-19)26(33)20-10-8-18(3)9-11-20/h4-11,17,19,23H,12-16H2,1-3H3,(H,28,32)(H,29,31)/t23-/m1/s1. The predicted molar refractivity (Wildman–Crippen MR) is 125 cm³/mol. The summed E-state index contributed by atoms with van der Waals surface area (Å²) >= 11 is 0. The molecule has 33 heavy (non-hydrogen) atoms. The maximum absolute atomic E-state index is 14.1. The first kappa shape index (κ1) is 24.4. The number of halogens is 1. The highest BCUT2D eigenvalue weighted by atomic mass is 19.1. The molecule has 7 heteroatoms. The number of likely N-dealkylation sites (tertiary alicyclic amines) is 1. The van der Waals surface area contributed by atoms with Gasteiger partial charge in [0.1, 0.15) is 11.9 Å². The van der Waals surface area contributed by atoms with E-state index in [0.717, 1.165) is 5.56 Å². The van der Waals surface area contributed by atoms with E-state index in [9.17, 15) is 18.8 Å². The monoisotopic (exact) mass is 453 g/mol. The lowest BCUT2D eigenvalue weighted by atomic mass is 9.88. The van der Waals surface area contributed by atoms with E-state index in [0.29, 0.717) is 38.0 Å². The quantitative estimate of drug-likeness (QED) is 0.673. The number of nitrogens with one attached hydrogen (secondary N) is 2. The minimum atomic E-state index is -0.799. The number of aryl methyl sites for hydroxylation is 1. The molecular formula is C26H32FN3O3. The molecule has 6 nitrogen and oxygen atoms in total. The minimum Gasteiger partial charge on any atom is -0.354 e. The van der Waals surface area contributed by atoms with E-state index in [1.807, 2.05) is 45.0 Å². The van der Waals surface area contributed by atoms with Crippen molar-refractivity contribution in [3.8, 4) is 0 Å². The average molecular weight is 454 g/mol. The van der Waals surface area contributed by atoms with Crippen LogP contribution in [-0.2, 0) is 4.79 Å². The Labute approximate surface area is 194 Å². The minimum absolute atomic E-state index is 0.0374. The van der Waals surface area contributed by atoms with Crippen LogP contribution in [0, 0.1) is 24.6 Å². The fourth-order valence-electron chi connectivity index (χ4n) is 3.99. The van der Waals surface area contributed by atoms with E-state index < -0.39 is 17.8 Å². The first-order chi connectivity index (χ1) is 15.8. The molecule has 2 N–H and O–H groups in total. The summed E-state index contributed by atoms with van der Waals surface area (Å²) in [5.41, 5.74) is 1.63. The third-order valence-corrected chi connectivity index (χ3v) is 5.97. The second-order valence-electron chi connectivity index (χ2n) is 9.07. The van der Waals surface area contributed by atoms with Gasteiger partial charge in [-0.1, -0.05) is 43.7 Å². The normalized spacial score (nSPS) is 15.2. The Kier molecular flexibility index (Phi) is 8.20. The number of carbonyl (C=O) groups is 3. The lowest BCUT2D eigenvalue weighted by molar-refractivity contribution is -0.124. The van der Waals surface area contributed by atoms with Gasteiger partial charge in [0.25, 0.3) is 11.8 Å². The number of rotatable bonds is 7. The van der Waals surface area contributed by atoms with Gasteiger partial charge in [0, 0.05) is 25.2 Å². The molecule has 1 heterocycles. The summed E-state index contributed by atoms with van der Waals surface area (Å²) < 4.78 is 14.1. The van der Waals surface area contributed by atoms with Gasteiger partial charge in [-0.15, -0.1) is 0 Å². The molecule has 0 spiro atoms. The molecule has 0 saturated carbocycles. The van der Waals surface area contributed by atoms with Gasteiger partial charge in [-0.25, -0.2) is 4.39 Å². The predicted octanol–water partition coefficient (Wildman–Crippen LogP) is 3.56. The van der Waals surface area contributed by atoms with Gasteiger partial charge in [0.05, 0.1) is 5.56 Å². The summed E-state index contributed by atoms with van der Waals surface area (Å²) in [7, 11) is 0. The van der Waals surface area contributed by atoms with E-state index in [1.165, 1.54) is 18.2 Å². The van der Waals surface area contributed by atoms with Gasteiger partial charge in [-0.05, 0) is 55.9 Å². The molecule has 176 valence electrons. The van der Waals surface area contributed by atoms with E-state index in [-0.39, 0.29) is 29.2 Å². The van der Waals surface area contributed by atoms with E-state index in [4.69, 9.17) is 0 Å². The highest BCUT2D eigenvalue weighted by Gasteiger charge is 2.34. The van der Waals surface area contributed by atoms with Crippen LogP contribution in [0.3, 0.4) is 0 Å². The van der Waals surface area contributed by atoms with Crippen LogP contribution in [0.5, 0.6) is 0 Å². The van der Waals surface area contributed by atoms with Gasteiger partial charge in [0.15, 0.2) is 0 Å². The number of nitrogens with zero attached hydrogens (tertiary/aromatic N) is 1. The maximum Gasteiger partial charge on any atom is 0.254 e. The van der Waals surface area contributed by atoms with Crippen LogP contribution in [0.2, 0.25) is 0 Å². The van der Waals surface area contributed by atoms with Crippen molar-refractivity contribution < 1.29 is 18.8 Å². The molecule has 1 aliphatic heterocycles. The zero-order chi connectivity index (χ0) is 24.0. The molecule has 0 aromatic heterocycles. The van der Waals surface area contributed by atoms with Crippen LogP contribution in [0.1, 0.15) is 53.0 Å². The second-order valence-corrected chi connectivity index (χ2v) is 9.07. The number of piperidine rings is 1. The number of benzene rings is 2. The molecule has 0 unspecified atom stereocenters. The molecule has 0 aliphatic carbocycles. The third kappa shape index (κ3) is 6.40. The number of hydrogen-bond donors (Lipinski definition) is 2. The largest absolute Gasteiger partial charge is 0.354 e. The molecule has 1 saturated heterocycles. The fraction of sp³-hybridized carbons (Fsp3) is 0.423. The van der Waals surface area contributed by atoms with Gasteiger partial charge >= 0.3 is 0 Å². The van der Waals surface area contributed by atoms with Crippen molar-refractivity contribution in [2.75, 3.05) is 19.6 Å². The average Bonchev–Trinajstić information content (AvgIpc) is 2.81. The van der Waals surface area contributed by atoms with Crippen molar-refractivity contribution in [3.63, 3.8) is 0 Å². The summed E-state index contributed by atoms with van der Waals surface area (Å²) in [4.78, 5) is 40.3. The molecule has 3 amide bonds. The van der Waals surface area contributed by atoms with E-state index in [2.05, 4.69) is 10.6 Å². The topological polar surface area (TPSA) is 78.5 Å². The van der Waals surface area contributed by atoms with Crippen molar-refractivity contribution in [2.45, 2.75) is 39.7 Å². The highest BCUT2D eigenvalue weighted by Crippen LogP contribution is 2.23. The highest BCUT2D eigenvalue weighted by molar-refractivity contribution is 5.98. The SMILES string of the molecule is Cc1ccc(C(=O)N2CCC([C@@H](NC(=O)c3ccccc3F)C(=O)NCC(C)C)CC2)cc1. The zero-order valence-corrected chi connectivity index (χ0v) is 19.4. The van der Waals surface area contributed by atoms with Gasteiger partial charge in [-0.2, -0.15) is 0 Å². The zero-order valence-electron chi connectivity index (χ0n) is 19.4. The van der Waals surface area contributed by atoms with Crippen molar-refractivity contribution in [1.82, 2.24) is 15.5 Å². The van der Waals surface area contributed by atoms with Crippen molar-refractivity contribution in [2.24, 2.45) is 11.8 Å². The van der Waals surface area contributed by atoms with E-state index in [1.54, 1.807) is 11.0 Å². The van der Waals surface area contributed by atoms with Crippen LogP contribution in [0.25, 0.3) is 0 Å². The summed E-state index contributed by atoms with van der Waals surface area (Å²) in [6.45, 7) is 7.40. The van der Waals surface area contributed by atoms with Gasteiger partial charge in [-0.3, -0.25) is 14.4 Å². The molecule has 3 rings (SSSR count). The maximum atomic E-state index is 14.1. The van der Waals surface area contributed by atoms with Crippen LogP contribution in [-0.4, -0.2) is 48.3 Å². The van der Waals surface area contributed by atoms with Crippen LogP contribution < -0.4 is 10.6 Å². The van der Waals surface area contributed by atoms with Gasteiger partial charge in [0.2, 0.25) is 5.91 Å². The number of amides is 3. The summed E-state index contributed by atoms with van der Waals surface area (Å²) in [6.07, 6.45) is 1.13.